The molecule has 0 saturated heterocycles. The summed E-state index contributed by atoms with van der Waals surface area (Å²) in [5, 5.41) is 21.5. The molecule has 3 rings (SSSR count). The second-order valence-electron chi connectivity index (χ2n) is 8.32. The van der Waals surface area contributed by atoms with Crippen molar-refractivity contribution >= 4 is 23.8 Å². The van der Waals surface area contributed by atoms with Crippen LogP contribution in [0.3, 0.4) is 0 Å². The second kappa shape index (κ2) is 11.3. The zero-order valence-electron chi connectivity index (χ0n) is 18.8. The molecule has 2 amide bonds. The summed E-state index contributed by atoms with van der Waals surface area (Å²) < 4.78 is 6.56. The number of carboxylic acid groups (broad SMARTS) is 1. The van der Waals surface area contributed by atoms with Crippen LogP contribution in [0.15, 0.2) is 24.5 Å². The lowest BCUT2D eigenvalue weighted by molar-refractivity contribution is -0.139. The average Bonchev–Trinajstić information content (AvgIpc) is 3.27. The largest absolute Gasteiger partial charge is 0.480 e. The molecule has 2 aromatic heterocycles. The molecule has 33 heavy (non-hydrogen) atoms. The Bertz CT molecular complexity index is 989. The highest BCUT2D eigenvalue weighted by molar-refractivity contribution is 5.94. The molecule has 11 nitrogen and oxygen atoms in total. The number of nitrogens with one attached hydrogen (secondary N) is 3. The van der Waals surface area contributed by atoms with Crippen LogP contribution in [-0.2, 0) is 28.9 Å². The number of nitrogens with zero attached hydrogens (tertiary/aromatic N) is 3. The van der Waals surface area contributed by atoms with Crippen molar-refractivity contribution < 1.29 is 24.2 Å². The Labute approximate surface area is 191 Å². The van der Waals surface area contributed by atoms with Gasteiger partial charge in [0.05, 0.1) is 18.4 Å². The lowest BCUT2D eigenvalue weighted by Gasteiger charge is -2.17. The van der Waals surface area contributed by atoms with E-state index in [0.717, 1.165) is 30.9 Å². The van der Waals surface area contributed by atoms with Gasteiger partial charge in [0.25, 0.3) is 5.91 Å². The second-order valence-corrected chi connectivity index (χ2v) is 8.32. The molecule has 0 bridgehead atoms. The normalized spacial score (nSPS) is 13.5. The number of pyridine rings is 1. The number of carbonyl (C=O) groups is 3. The van der Waals surface area contributed by atoms with Gasteiger partial charge in [0.1, 0.15) is 11.9 Å². The number of carboxylic acids is 1. The third-order valence-electron chi connectivity index (χ3n) is 5.05. The van der Waals surface area contributed by atoms with E-state index in [-0.39, 0.29) is 19.1 Å². The molecule has 0 fully saturated rings. The topological polar surface area (TPSA) is 147 Å². The van der Waals surface area contributed by atoms with Crippen LogP contribution in [-0.4, -0.2) is 63.6 Å². The molecule has 0 radical (unpaired) electrons. The Morgan fingerprint density at radius 3 is 2.88 bits per heavy atom. The third-order valence-corrected chi connectivity index (χ3v) is 5.05. The summed E-state index contributed by atoms with van der Waals surface area (Å²) in [4.78, 5) is 40.2. The summed E-state index contributed by atoms with van der Waals surface area (Å²) in [6.07, 6.45) is 4.96. The summed E-state index contributed by atoms with van der Waals surface area (Å²) >= 11 is 0. The summed E-state index contributed by atoms with van der Waals surface area (Å²) in [7, 11) is 0. The van der Waals surface area contributed by atoms with Gasteiger partial charge in [0.15, 0.2) is 0 Å². The molecular formula is C22H30N6O5. The number of rotatable bonds is 10. The number of aryl methyl sites for hydroxylation is 3. The molecular weight excluding hydrogens is 428 g/mol. The fourth-order valence-corrected chi connectivity index (χ4v) is 3.26. The Balaban J connectivity index is 1.48. The molecule has 2 aromatic rings. The minimum absolute atomic E-state index is 0.120. The molecule has 0 spiro atoms. The highest BCUT2D eigenvalue weighted by atomic mass is 16.5. The minimum atomic E-state index is -1.31. The number of alkyl carbamates (subject to hydrolysis) is 1. The van der Waals surface area contributed by atoms with Gasteiger partial charge in [-0.3, -0.25) is 9.48 Å². The first kappa shape index (κ1) is 24.0. The molecule has 0 aliphatic carbocycles. The first-order valence-corrected chi connectivity index (χ1v) is 11.0. The summed E-state index contributed by atoms with van der Waals surface area (Å²) in [6.45, 7) is 5.08. The van der Waals surface area contributed by atoms with Crippen molar-refractivity contribution in [3.05, 3.63) is 41.3 Å². The number of aliphatic carboxylic acids is 1. The van der Waals surface area contributed by atoms with Gasteiger partial charge in [-0.05, 0) is 30.4 Å². The van der Waals surface area contributed by atoms with Gasteiger partial charge in [-0.15, -0.1) is 0 Å². The fourth-order valence-electron chi connectivity index (χ4n) is 3.26. The van der Waals surface area contributed by atoms with Crippen LogP contribution in [0, 0.1) is 5.92 Å². The highest BCUT2D eigenvalue weighted by Gasteiger charge is 2.22. The van der Waals surface area contributed by atoms with Gasteiger partial charge in [-0.1, -0.05) is 19.9 Å². The average molecular weight is 459 g/mol. The number of carbonyl (C=O) groups excluding carboxylic acids is 2. The number of hydrogen-bond donors (Lipinski definition) is 4. The van der Waals surface area contributed by atoms with E-state index in [9.17, 15) is 19.5 Å². The molecule has 178 valence electrons. The van der Waals surface area contributed by atoms with Crippen molar-refractivity contribution in [1.82, 2.24) is 25.4 Å². The van der Waals surface area contributed by atoms with Crippen LogP contribution in [0.25, 0.3) is 0 Å². The predicted octanol–water partition coefficient (Wildman–Crippen LogP) is 1.44. The maximum absolute atomic E-state index is 12.4. The molecule has 4 N–H and O–H groups in total. The molecule has 11 heteroatoms. The SMILES string of the molecule is CC(C)COC(=O)N[C@@H](CNC(=O)c1cnn(CCc2ccc3c(n2)NCCC3)c1)C(=O)O. The lowest BCUT2D eigenvalue weighted by atomic mass is 10.1. The number of aromatic nitrogens is 3. The van der Waals surface area contributed by atoms with Crippen molar-refractivity contribution in [2.45, 2.75) is 45.7 Å². The van der Waals surface area contributed by atoms with E-state index in [1.54, 1.807) is 10.9 Å². The van der Waals surface area contributed by atoms with Crippen molar-refractivity contribution in [2.75, 3.05) is 25.0 Å². The van der Waals surface area contributed by atoms with Crippen molar-refractivity contribution in [2.24, 2.45) is 5.92 Å². The van der Waals surface area contributed by atoms with Crippen LogP contribution in [0.5, 0.6) is 0 Å². The first-order chi connectivity index (χ1) is 15.8. The third kappa shape index (κ3) is 7.19. The number of anilines is 1. The van der Waals surface area contributed by atoms with Crippen LogP contribution in [0.4, 0.5) is 10.6 Å². The van der Waals surface area contributed by atoms with Gasteiger partial charge >= 0.3 is 12.1 Å². The number of amides is 2. The maximum atomic E-state index is 12.4. The van der Waals surface area contributed by atoms with Crippen molar-refractivity contribution in [1.29, 1.82) is 0 Å². The maximum Gasteiger partial charge on any atom is 0.407 e. The highest BCUT2D eigenvalue weighted by Crippen LogP contribution is 2.19. The quantitative estimate of drug-likeness (QED) is 0.418. The van der Waals surface area contributed by atoms with Gasteiger partial charge in [0.2, 0.25) is 0 Å². The zero-order valence-corrected chi connectivity index (χ0v) is 18.8. The standard InChI is InChI=1S/C22H30N6O5/c1-14(2)13-33-22(32)27-18(21(30)31)11-24-20(29)16-10-25-28(12-16)9-7-17-6-5-15-4-3-8-23-19(15)26-17/h5-6,10,12,14,18H,3-4,7-9,11,13H2,1-2H3,(H,23,26)(H,24,29)(H,27,32)(H,30,31)/t18-/m0/s1. The summed E-state index contributed by atoms with van der Waals surface area (Å²) in [5.74, 6) is -0.704. The van der Waals surface area contributed by atoms with Crippen molar-refractivity contribution in [3.8, 4) is 0 Å². The van der Waals surface area contributed by atoms with Gasteiger partial charge in [0, 0.05) is 37.9 Å². The zero-order chi connectivity index (χ0) is 23.8. The van der Waals surface area contributed by atoms with Crippen LogP contribution in [0.1, 0.15) is 41.9 Å². The Morgan fingerprint density at radius 1 is 1.30 bits per heavy atom. The van der Waals surface area contributed by atoms with Crippen LogP contribution < -0.4 is 16.0 Å². The minimum Gasteiger partial charge on any atom is -0.480 e. The lowest BCUT2D eigenvalue weighted by Crippen LogP contribution is -2.48. The van der Waals surface area contributed by atoms with E-state index in [4.69, 9.17) is 4.74 Å². The van der Waals surface area contributed by atoms with E-state index >= 15 is 0 Å². The van der Waals surface area contributed by atoms with E-state index in [1.807, 2.05) is 19.9 Å². The summed E-state index contributed by atoms with van der Waals surface area (Å²) in [6, 6.07) is 2.79. The predicted molar refractivity (Wildman–Crippen MR) is 120 cm³/mol. The Hall–Kier alpha value is -3.63. The molecule has 1 aliphatic heterocycles. The first-order valence-electron chi connectivity index (χ1n) is 11.0. The van der Waals surface area contributed by atoms with Gasteiger partial charge in [-0.25, -0.2) is 14.6 Å². The van der Waals surface area contributed by atoms with Gasteiger partial charge in [-0.2, -0.15) is 5.10 Å². The molecule has 0 aromatic carbocycles. The number of fused-ring (bicyclic) bond motifs is 1. The smallest absolute Gasteiger partial charge is 0.407 e. The van der Waals surface area contributed by atoms with E-state index in [0.29, 0.717) is 18.5 Å². The molecule has 3 heterocycles. The number of ether oxygens (including phenoxy) is 1. The van der Waals surface area contributed by atoms with E-state index in [2.05, 4.69) is 32.1 Å². The molecule has 0 saturated carbocycles. The van der Waals surface area contributed by atoms with Crippen LogP contribution >= 0.6 is 0 Å². The Kier molecular flexibility index (Phi) is 8.22. The van der Waals surface area contributed by atoms with E-state index in [1.165, 1.54) is 11.8 Å². The van der Waals surface area contributed by atoms with E-state index < -0.39 is 24.0 Å². The molecule has 1 atom stereocenters. The van der Waals surface area contributed by atoms with Crippen molar-refractivity contribution in [3.63, 3.8) is 0 Å². The Morgan fingerprint density at radius 2 is 2.12 bits per heavy atom. The molecule has 1 aliphatic rings. The van der Waals surface area contributed by atoms with Crippen LogP contribution in [0.2, 0.25) is 0 Å². The summed E-state index contributed by atoms with van der Waals surface area (Å²) in [5.41, 5.74) is 2.45. The number of hydrogen-bond acceptors (Lipinski definition) is 7. The van der Waals surface area contributed by atoms with Gasteiger partial charge < -0.3 is 25.8 Å². The monoisotopic (exact) mass is 458 g/mol. The molecule has 0 unspecified atom stereocenters. The fraction of sp³-hybridized carbons (Fsp3) is 0.500.